The summed E-state index contributed by atoms with van der Waals surface area (Å²) in [5.74, 6) is 0.988. The van der Waals surface area contributed by atoms with Gasteiger partial charge in [0.25, 0.3) is 0 Å². The largest absolute Gasteiger partial charge is 0.493 e. The molecule has 1 unspecified atom stereocenters. The highest BCUT2D eigenvalue weighted by molar-refractivity contribution is 7.90. The summed E-state index contributed by atoms with van der Waals surface area (Å²) in [6.45, 7) is 5.46. The van der Waals surface area contributed by atoms with Gasteiger partial charge in [-0.1, -0.05) is 25.1 Å². The van der Waals surface area contributed by atoms with Crippen LogP contribution in [0.3, 0.4) is 0 Å². The van der Waals surface area contributed by atoms with E-state index in [4.69, 9.17) is 4.74 Å². The van der Waals surface area contributed by atoms with Crippen molar-refractivity contribution in [2.24, 2.45) is 0 Å². The lowest BCUT2D eigenvalue weighted by molar-refractivity contribution is 0.311. The monoisotopic (exact) mass is 285 g/mol. The van der Waals surface area contributed by atoms with Crippen LogP contribution in [0.1, 0.15) is 31.9 Å². The van der Waals surface area contributed by atoms with Gasteiger partial charge in [-0.25, -0.2) is 8.42 Å². The van der Waals surface area contributed by atoms with E-state index in [1.54, 1.807) is 0 Å². The van der Waals surface area contributed by atoms with Crippen LogP contribution in [0.2, 0.25) is 0 Å². The predicted octanol–water partition coefficient (Wildman–Crippen LogP) is 2.17. The number of benzene rings is 1. The second-order valence-corrected chi connectivity index (χ2v) is 6.91. The maximum atomic E-state index is 11.0. The number of hydrogen-bond donors (Lipinski definition) is 1. The Kier molecular flexibility index (Phi) is 6.31. The maximum absolute atomic E-state index is 11.0. The lowest BCUT2D eigenvalue weighted by atomic mass is 10.1. The molecular formula is C14H23NO3S. The van der Waals surface area contributed by atoms with E-state index >= 15 is 0 Å². The molecule has 1 atom stereocenters. The van der Waals surface area contributed by atoms with E-state index < -0.39 is 9.84 Å². The van der Waals surface area contributed by atoms with Gasteiger partial charge in [0.15, 0.2) is 0 Å². The van der Waals surface area contributed by atoms with Gasteiger partial charge in [-0.05, 0) is 26.0 Å². The molecule has 5 heteroatoms. The molecule has 1 N–H and O–H groups in total. The van der Waals surface area contributed by atoms with Gasteiger partial charge < -0.3 is 10.1 Å². The van der Waals surface area contributed by atoms with E-state index in [0.29, 0.717) is 13.0 Å². The summed E-state index contributed by atoms with van der Waals surface area (Å²) in [5.41, 5.74) is 1.10. The SMILES string of the molecule is CCNC(C)c1ccccc1OCCCS(C)(=O)=O. The summed E-state index contributed by atoms with van der Waals surface area (Å²) in [5, 5.41) is 3.34. The number of hydrogen-bond acceptors (Lipinski definition) is 4. The third-order valence-corrected chi connectivity index (χ3v) is 3.84. The first-order chi connectivity index (χ1) is 8.94. The standard InChI is InChI=1S/C14H23NO3S/c1-4-15-12(2)13-8-5-6-9-14(13)18-10-7-11-19(3,16)17/h5-6,8-9,12,15H,4,7,10-11H2,1-3H3. The summed E-state index contributed by atoms with van der Waals surface area (Å²) in [4.78, 5) is 0. The minimum atomic E-state index is -2.91. The molecule has 1 rings (SSSR count). The number of ether oxygens (including phenoxy) is 1. The fraction of sp³-hybridized carbons (Fsp3) is 0.571. The third-order valence-electron chi connectivity index (χ3n) is 2.81. The minimum Gasteiger partial charge on any atom is -0.493 e. The van der Waals surface area contributed by atoms with Crippen LogP contribution in [0, 0.1) is 0 Å². The molecule has 1 aromatic carbocycles. The average Bonchev–Trinajstić information content (AvgIpc) is 2.34. The molecular weight excluding hydrogens is 262 g/mol. The average molecular weight is 285 g/mol. The Labute approximate surface area is 116 Å². The Hall–Kier alpha value is -1.07. The Bertz CT molecular complexity index is 485. The van der Waals surface area contributed by atoms with Gasteiger partial charge in [0, 0.05) is 17.9 Å². The van der Waals surface area contributed by atoms with Gasteiger partial charge in [-0.3, -0.25) is 0 Å². The second-order valence-electron chi connectivity index (χ2n) is 4.65. The van der Waals surface area contributed by atoms with Crippen molar-refractivity contribution in [2.45, 2.75) is 26.3 Å². The molecule has 0 bridgehead atoms. The van der Waals surface area contributed by atoms with Crippen molar-refractivity contribution >= 4 is 9.84 Å². The third kappa shape index (κ3) is 6.07. The zero-order valence-corrected chi connectivity index (χ0v) is 12.7. The lowest BCUT2D eigenvalue weighted by Gasteiger charge is -2.17. The highest BCUT2D eigenvalue weighted by Crippen LogP contribution is 2.24. The molecule has 0 heterocycles. The van der Waals surface area contributed by atoms with Gasteiger partial charge in [0.05, 0.1) is 12.4 Å². The van der Waals surface area contributed by atoms with Crippen molar-refractivity contribution in [1.82, 2.24) is 5.32 Å². The Balaban J connectivity index is 2.58. The summed E-state index contributed by atoms with van der Waals surface area (Å²) < 4.78 is 27.8. The Morgan fingerprint density at radius 2 is 2.00 bits per heavy atom. The topological polar surface area (TPSA) is 55.4 Å². The van der Waals surface area contributed by atoms with Crippen molar-refractivity contribution in [3.05, 3.63) is 29.8 Å². The van der Waals surface area contributed by atoms with Crippen LogP contribution in [0.5, 0.6) is 5.75 Å². The first kappa shape index (κ1) is 16.0. The van der Waals surface area contributed by atoms with E-state index in [-0.39, 0.29) is 11.8 Å². The molecule has 0 radical (unpaired) electrons. The number of para-hydroxylation sites is 1. The first-order valence-corrected chi connectivity index (χ1v) is 8.63. The highest BCUT2D eigenvalue weighted by Gasteiger charge is 2.10. The number of nitrogens with one attached hydrogen (secondary N) is 1. The molecule has 4 nitrogen and oxygen atoms in total. The van der Waals surface area contributed by atoms with Crippen LogP contribution in [-0.4, -0.2) is 33.6 Å². The van der Waals surface area contributed by atoms with Crippen LogP contribution in [0.15, 0.2) is 24.3 Å². The van der Waals surface area contributed by atoms with Gasteiger partial charge in [-0.15, -0.1) is 0 Å². The molecule has 0 amide bonds. The molecule has 0 saturated heterocycles. The molecule has 0 fully saturated rings. The normalized spacial score (nSPS) is 13.2. The highest BCUT2D eigenvalue weighted by atomic mass is 32.2. The van der Waals surface area contributed by atoms with Crippen molar-refractivity contribution in [3.8, 4) is 5.75 Å². The van der Waals surface area contributed by atoms with Gasteiger partial charge in [0.2, 0.25) is 0 Å². The van der Waals surface area contributed by atoms with Gasteiger partial charge in [0.1, 0.15) is 15.6 Å². The molecule has 19 heavy (non-hydrogen) atoms. The molecule has 0 aliphatic carbocycles. The van der Waals surface area contributed by atoms with Crippen molar-refractivity contribution in [1.29, 1.82) is 0 Å². The van der Waals surface area contributed by atoms with E-state index in [2.05, 4.69) is 19.2 Å². The maximum Gasteiger partial charge on any atom is 0.147 e. The molecule has 0 aliphatic rings. The molecule has 0 spiro atoms. The number of sulfone groups is 1. The second kappa shape index (κ2) is 7.50. The summed E-state index contributed by atoms with van der Waals surface area (Å²) in [7, 11) is -2.91. The molecule has 0 aliphatic heterocycles. The van der Waals surface area contributed by atoms with Crippen LogP contribution in [-0.2, 0) is 9.84 Å². The van der Waals surface area contributed by atoms with Crippen LogP contribution < -0.4 is 10.1 Å². The van der Waals surface area contributed by atoms with E-state index in [0.717, 1.165) is 17.9 Å². The molecule has 108 valence electrons. The summed E-state index contributed by atoms with van der Waals surface area (Å²) in [6, 6.07) is 8.07. The van der Waals surface area contributed by atoms with Crippen LogP contribution in [0.4, 0.5) is 0 Å². The Morgan fingerprint density at radius 1 is 1.32 bits per heavy atom. The van der Waals surface area contributed by atoms with E-state index in [1.165, 1.54) is 6.26 Å². The first-order valence-electron chi connectivity index (χ1n) is 6.57. The van der Waals surface area contributed by atoms with E-state index in [1.807, 2.05) is 24.3 Å². The van der Waals surface area contributed by atoms with E-state index in [9.17, 15) is 8.42 Å². The zero-order valence-electron chi connectivity index (χ0n) is 11.8. The van der Waals surface area contributed by atoms with Crippen molar-refractivity contribution < 1.29 is 13.2 Å². The van der Waals surface area contributed by atoms with Crippen molar-refractivity contribution in [3.63, 3.8) is 0 Å². The van der Waals surface area contributed by atoms with Crippen LogP contribution >= 0.6 is 0 Å². The lowest BCUT2D eigenvalue weighted by Crippen LogP contribution is -2.18. The summed E-state index contributed by atoms with van der Waals surface area (Å²) in [6.07, 6.45) is 1.76. The predicted molar refractivity (Wildman–Crippen MR) is 78.4 cm³/mol. The van der Waals surface area contributed by atoms with Crippen molar-refractivity contribution in [2.75, 3.05) is 25.2 Å². The fourth-order valence-corrected chi connectivity index (χ4v) is 2.53. The molecule has 0 aromatic heterocycles. The molecule has 1 aromatic rings. The van der Waals surface area contributed by atoms with Gasteiger partial charge >= 0.3 is 0 Å². The van der Waals surface area contributed by atoms with Gasteiger partial charge in [-0.2, -0.15) is 0 Å². The molecule has 0 saturated carbocycles. The minimum absolute atomic E-state index is 0.165. The summed E-state index contributed by atoms with van der Waals surface area (Å²) >= 11 is 0. The Morgan fingerprint density at radius 3 is 2.63 bits per heavy atom. The zero-order chi connectivity index (χ0) is 14.3. The van der Waals surface area contributed by atoms with Crippen LogP contribution in [0.25, 0.3) is 0 Å². The smallest absolute Gasteiger partial charge is 0.147 e. The fourth-order valence-electron chi connectivity index (χ4n) is 1.89. The quantitative estimate of drug-likeness (QED) is 0.744. The number of rotatable bonds is 8.